The highest BCUT2D eigenvalue weighted by molar-refractivity contribution is 5.91. The van der Waals surface area contributed by atoms with Gasteiger partial charge in [0, 0.05) is 12.0 Å². The zero-order valence-corrected chi connectivity index (χ0v) is 9.65. The first-order valence-corrected chi connectivity index (χ1v) is 5.05. The maximum atomic E-state index is 11.4. The van der Waals surface area contributed by atoms with Crippen LogP contribution in [0, 0.1) is 6.92 Å². The first-order chi connectivity index (χ1) is 7.47. The molecule has 0 heterocycles. The minimum atomic E-state index is -0.572. The molecule has 0 aliphatic carbocycles. The lowest BCUT2D eigenvalue weighted by Gasteiger charge is -2.13. The largest absolute Gasteiger partial charge is 0.508 e. The number of rotatable bonds is 3. The Morgan fingerprint density at radius 2 is 2.12 bits per heavy atom. The predicted octanol–water partition coefficient (Wildman–Crippen LogP) is 1.41. The first-order valence-electron chi connectivity index (χ1n) is 5.05. The van der Waals surface area contributed by atoms with E-state index in [0.29, 0.717) is 23.1 Å². The first kappa shape index (κ1) is 12.5. The van der Waals surface area contributed by atoms with Crippen LogP contribution in [-0.2, 0) is 11.2 Å². The van der Waals surface area contributed by atoms with Crippen molar-refractivity contribution in [2.75, 3.05) is 7.11 Å². The SMILES string of the molecule is COC(=O)c1ccc(O)c(CC(C)O)c1C. The van der Waals surface area contributed by atoms with Crippen LogP contribution in [0.4, 0.5) is 0 Å². The van der Waals surface area contributed by atoms with Crippen LogP contribution >= 0.6 is 0 Å². The molecule has 0 radical (unpaired) electrons. The number of esters is 1. The van der Waals surface area contributed by atoms with Crippen LogP contribution in [-0.4, -0.2) is 29.4 Å². The number of carbonyl (C=O) groups excluding carboxylic acids is 1. The van der Waals surface area contributed by atoms with Crippen LogP contribution in [0.15, 0.2) is 12.1 Å². The minimum absolute atomic E-state index is 0.0889. The van der Waals surface area contributed by atoms with E-state index in [1.807, 2.05) is 0 Å². The molecule has 0 fully saturated rings. The average Bonchev–Trinajstić information content (AvgIpc) is 2.23. The summed E-state index contributed by atoms with van der Waals surface area (Å²) < 4.78 is 4.63. The molecule has 16 heavy (non-hydrogen) atoms. The Balaban J connectivity index is 3.21. The monoisotopic (exact) mass is 224 g/mol. The molecule has 4 nitrogen and oxygen atoms in total. The standard InChI is InChI=1S/C12H16O4/c1-7(13)6-10-8(2)9(12(15)16-3)4-5-11(10)14/h4-5,7,13-14H,6H2,1-3H3. The van der Waals surface area contributed by atoms with Gasteiger partial charge in [0.1, 0.15) is 5.75 Å². The van der Waals surface area contributed by atoms with Gasteiger partial charge in [0.05, 0.1) is 18.8 Å². The molecule has 88 valence electrons. The number of phenolic OH excluding ortho intramolecular Hbond substituents is 1. The van der Waals surface area contributed by atoms with Crippen LogP contribution in [0.2, 0.25) is 0 Å². The normalized spacial score (nSPS) is 12.2. The summed E-state index contributed by atoms with van der Waals surface area (Å²) in [6.45, 7) is 3.35. The van der Waals surface area contributed by atoms with E-state index in [2.05, 4.69) is 4.74 Å². The Bertz CT molecular complexity index is 396. The third-order valence-electron chi connectivity index (χ3n) is 2.48. The Morgan fingerprint density at radius 1 is 1.50 bits per heavy atom. The van der Waals surface area contributed by atoms with Crippen molar-refractivity contribution in [2.45, 2.75) is 26.4 Å². The van der Waals surface area contributed by atoms with Gasteiger partial charge in [0.2, 0.25) is 0 Å². The molecule has 0 aromatic heterocycles. The molecule has 1 rings (SSSR count). The Kier molecular flexibility index (Phi) is 3.90. The van der Waals surface area contributed by atoms with Crippen molar-refractivity contribution in [3.63, 3.8) is 0 Å². The molecule has 4 heteroatoms. The van der Waals surface area contributed by atoms with Crippen LogP contribution in [0.5, 0.6) is 5.75 Å². The van der Waals surface area contributed by atoms with Crippen LogP contribution in [0.25, 0.3) is 0 Å². The zero-order valence-electron chi connectivity index (χ0n) is 9.65. The number of methoxy groups -OCH3 is 1. The summed E-state index contributed by atoms with van der Waals surface area (Å²) >= 11 is 0. The Morgan fingerprint density at radius 3 is 2.62 bits per heavy atom. The minimum Gasteiger partial charge on any atom is -0.508 e. The molecule has 0 saturated carbocycles. The van der Waals surface area contributed by atoms with Crippen molar-refractivity contribution < 1.29 is 19.7 Å². The van der Waals surface area contributed by atoms with E-state index in [-0.39, 0.29) is 5.75 Å². The number of ether oxygens (including phenoxy) is 1. The summed E-state index contributed by atoms with van der Waals surface area (Å²) in [6, 6.07) is 2.96. The van der Waals surface area contributed by atoms with E-state index in [4.69, 9.17) is 0 Å². The van der Waals surface area contributed by atoms with Crippen molar-refractivity contribution in [1.29, 1.82) is 0 Å². The summed E-state index contributed by atoms with van der Waals surface area (Å²) in [5.74, 6) is -0.351. The van der Waals surface area contributed by atoms with Gasteiger partial charge in [-0.2, -0.15) is 0 Å². The van der Waals surface area contributed by atoms with Crippen molar-refractivity contribution in [3.8, 4) is 5.75 Å². The quantitative estimate of drug-likeness (QED) is 0.762. The van der Waals surface area contributed by atoms with Crippen molar-refractivity contribution >= 4 is 5.97 Å². The maximum absolute atomic E-state index is 11.4. The number of phenols is 1. The molecule has 1 atom stereocenters. The second kappa shape index (κ2) is 4.99. The van der Waals surface area contributed by atoms with E-state index < -0.39 is 12.1 Å². The fourth-order valence-corrected chi connectivity index (χ4v) is 1.63. The van der Waals surface area contributed by atoms with Crippen molar-refractivity contribution in [3.05, 3.63) is 28.8 Å². The topological polar surface area (TPSA) is 66.8 Å². The second-order valence-corrected chi connectivity index (χ2v) is 3.78. The fraction of sp³-hybridized carbons (Fsp3) is 0.417. The molecule has 0 saturated heterocycles. The summed E-state index contributed by atoms with van der Waals surface area (Å²) in [5, 5.41) is 19.0. The lowest BCUT2D eigenvalue weighted by Crippen LogP contribution is -2.10. The smallest absolute Gasteiger partial charge is 0.338 e. The van der Waals surface area contributed by atoms with Gasteiger partial charge in [0.25, 0.3) is 0 Å². The second-order valence-electron chi connectivity index (χ2n) is 3.78. The van der Waals surface area contributed by atoms with E-state index in [1.165, 1.54) is 19.2 Å². The van der Waals surface area contributed by atoms with Gasteiger partial charge in [-0.3, -0.25) is 0 Å². The lowest BCUT2D eigenvalue weighted by atomic mass is 9.97. The zero-order chi connectivity index (χ0) is 12.3. The molecule has 0 amide bonds. The Hall–Kier alpha value is -1.55. The van der Waals surface area contributed by atoms with Gasteiger partial charge in [-0.1, -0.05) is 0 Å². The van der Waals surface area contributed by atoms with Gasteiger partial charge in [0.15, 0.2) is 0 Å². The van der Waals surface area contributed by atoms with Crippen LogP contribution in [0.3, 0.4) is 0 Å². The van der Waals surface area contributed by atoms with Gasteiger partial charge < -0.3 is 14.9 Å². The molecule has 1 aromatic carbocycles. The van der Waals surface area contributed by atoms with E-state index in [1.54, 1.807) is 13.8 Å². The van der Waals surface area contributed by atoms with Crippen LogP contribution in [0.1, 0.15) is 28.4 Å². The molecule has 0 bridgehead atoms. The molecule has 1 aromatic rings. The van der Waals surface area contributed by atoms with Gasteiger partial charge >= 0.3 is 5.97 Å². The fourth-order valence-electron chi connectivity index (χ4n) is 1.63. The third-order valence-corrected chi connectivity index (χ3v) is 2.48. The molecule has 2 N–H and O–H groups in total. The Labute approximate surface area is 94.5 Å². The highest BCUT2D eigenvalue weighted by Crippen LogP contribution is 2.25. The number of benzene rings is 1. The summed E-state index contributed by atoms with van der Waals surface area (Å²) in [7, 11) is 1.31. The lowest BCUT2D eigenvalue weighted by molar-refractivity contribution is 0.0599. The van der Waals surface area contributed by atoms with Gasteiger partial charge in [-0.25, -0.2) is 4.79 Å². The summed E-state index contributed by atoms with van der Waals surface area (Å²) in [6.07, 6.45) is -0.264. The molecule has 1 unspecified atom stereocenters. The van der Waals surface area contributed by atoms with Crippen molar-refractivity contribution in [2.24, 2.45) is 0 Å². The number of aliphatic hydroxyl groups is 1. The number of hydrogen-bond donors (Lipinski definition) is 2. The summed E-state index contributed by atoms with van der Waals surface area (Å²) in [4.78, 5) is 11.4. The number of hydrogen-bond acceptors (Lipinski definition) is 4. The van der Waals surface area contributed by atoms with Gasteiger partial charge in [-0.15, -0.1) is 0 Å². The molecular weight excluding hydrogens is 208 g/mol. The molecule has 0 spiro atoms. The van der Waals surface area contributed by atoms with E-state index >= 15 is 0 Å². The number of carbonyl (C=O) groups is 1. The summed E-state index contributed by atoms with van der Waals surface area (Å²) in [5.41, 5.74) is 1.64. The van der Waals surface area contributed by atoms with Crippen LogP contribution < -0.4 is 0 Å². The maximum Gasteiger partial charge on any atom is 0.338 e. The van der Waals surface area contributed by atoms with E-state index in [9.17, 15) is 15.0 Å². The number of aromatic hydroxyl groups is 1. The highest BCUT2D eigenvalue weighted by atomic mass is 16.5. The predicted molar refractivity (Wildman–Crippen MR) is 59.6 cm³/mol. The highest BCUT2D eigenvalue weighted by Gasteiger charge is 2.16. The number of aliphatic hydroxyl groups excluding tert-OH is 1. The van der Waals surface area contributed by atoms with E-state index in [0.717, 1.165) is 0 Å². The molecule has 0 aliphatic rings. The van der Waals surface area contributed by atoms with Gasteiger partial charge in [-0.05, 0) is 31.5 Å². The third kappa shape index (κ3) is 2.52. The van der Waals surface area contributed by atoms with Crippen molar-refractivity contribution in [1.82, 2.24) is 0 Å². The average molecular weight is 224 g/mol. The molecule has 0 aliphatic heterocycles. The molecular formula is C12H16O4.